The first-order chi connectivity index (χ1) is 20.8. The standard InChI is InChI=1S/C33H28BrN3O5S/c1-4-40-25-13-11-24(12-14-25)30-29(32(39)41-5-2)20(3)36-33-37(30)31(38)28(43-33)17-23-10-15-27(26(34)16-23)42-19-22-8-6-21(18-35)7-9-22/h6-17,30H,4-5,19H2,1-3H3/b28-17-/t30-/m1/s1. The number of nitrogens with zero attached hydrogens (tertiary/aromatic N) is 3. The molecular weight excluding hydrogens is 630 g/mol. The number of ether oxygens (including phenoxy) is 3. The number of hydrogen-bond donors (Lipinski definition) is 0. The Morgan fingerprint density at radius 2 is 1.81 bits per heavy atom. The summed E-state index contributed by atoms with van der Waals surface area (Å²) in [6, 6.07) is 21.6. The molecule has 1 aliphatic heterocycles. The summed E-state index contributed by atoms with van der Waals surface area (Å²) in [5.41, 5.74) is 3.66. The summed E-state index contributed by atoms with van der Waals surface area (Å²) in [6.07, 6.45) is 1.80. The molecule has 3 aromatic carbocycles. The van der Waals surface area contributed by atoms with E-state index in [0.29, 0.717) is 50.9 Å². The molecular formula is C33H28BrN3O5S. The molecule has 218 valence electrons. The van der Waals surface area contributed by atoms with Crippen molar-refractivity contribution in [2.24, 2.45) is 4.99 Å². The molecule has 0 fully saturated rings. The van der Waals surface area contributed by atoms with Gasteiger partial charge in [0, 0.05) is 0 Å². The molecule has 1 aliphatic rings. The minimum absolute atomic E-state index is 0.206. The van der Waals surface area contributed by atoms with Crippen LogP contribution in [0.15, 0.2) is 92.3 Å². The molecule has 4 aromatic rings. The molecule has 1 atom stereocenters. The highest BCUT2D eigenvalue weighted by Gasteiger charge is 2.33. The maximum atomic E-state index is 13.9. The van der Waals surface area contributed by atoms with Gasteiger partial charge in [0.25, 0.3) is 5.56 Å². The molecule has 0 unspecified atom stereocenters. The van der Waals surface area contributed by atoms with Crippen LogP contribution >= 0.6 is 27.3 Å². The van der Waals surface area contributed by atoms with Crippen LogP contribution < -0.4 is 24.4 Å². The molecule has 8 nitrogen and oxygen atoms in total. The van der Waals surface area contributed by atoms with Crippen molar-refractivity contribution in [2.45, 2.75) is 33.4 Å². The van der Waals surface area contributed by atoms with E-state index in [4.69, 9.17) is 19.5 Å². The third kappa shape index (κ3) is 6.48. The Bertz CT molecular complexity index is 1920. The Morgan fingerprint density at radius 1 is 1.07 bits per heavy atom. The number of carbonyl (C=O) groups is 1. The zero-order chi connectivity index (χ0) is 30.5. The van der Waals surface area contributed by atoms with E-state index in [9.17, 15) is 9.59 Å². The van der Waals surface area contributed by atoms with Gasteiger partial charge in [-0.2, -0.15) is 5.26 Å². The highest BCUT2D eigenvalue weighted by Crippen LogP contribution is 2.32. The molecule has 2 heterocycles. The number of hydrogen-bond acceptors (Lipinski definition) is 8. The van der Waals surface area contributed by atoms with Gasteiger partial charge in [-0.25, -0.2) is 9.79 Å². The topological polar surface area (TPSA) is 103 Å². The molecule has 5 rings (SSSR count). The van der Waals surface area contributed by atoms with Crippen LogP contribution in [0.25, 0.3) is 6.08 Å². The molecule has 0 saturated carbocycles. The van der Waals surface area contributed by atoms with Crippen LogP contribution in [0.3, 0.4) is 0 Å². The van der Waals surface area contributed by atoms with Gasteiger partial charge in [0.15, 0.2) is 4.80 Å². The fourth-order valence-corrected chi connectivity index (χ4v) is 6.29. The average Bonchev–Trinajstić information content (AvgIpc) is 3.30. The molecule has 0 bridgehead atoms. The number of nitriles is 1. The molecule has 10 heteroatoms. The van der Waals surface area contributed by atoms with Crippen molar-refractivity contribution in [3.63, 3.8) is 0 Å². The number of esters is 1. The second-order valence-corrected chi connectivity index (χ2v) is 11.5. The summed E-state index contributed by atoms with van der Waals surface area (Å²) in [7, 11) is 0. The predicted octanol–water partition coefficient (Wildman–Crippen LogP) is 5.41. The minimum atomic E-state index is -0.696. The van der Waals surface area contributed by atoms with E-state index in [1.807, 2.05) is 61.5 Å². The SMILES string of the molecule is CCOC(=O)C1=C(C)N=c2s/c(=C\c3ccc(OCc4ccc(C#N)cc4)c(Br)c3)c(=O)n2[C@@H]1c1ccc(OCC)cc1. The van der Waals surface area contributed by atoms with Gasteiger partial charge in [-0.1, -0.05) is 41.7 Å². The first-order valence-electron chi connectivity index (χ1n) is 13.7. The Balaban J connectivity index is 1.49. The van der Waals surface area contributed by atoms with Gasteiger partial charge >= 0.3 is 5.97 Å². The zero-order valence-electron chi connectivity index (χ0n) is 23.8. The Labute approximate surface area is 260 Å². The van der Waals surface area contributed by atoms with Crippen molar-refractivity contribution in [3.8, 4) is 17.6 Å². The summed E-state index contributed by atoms with van der Waals surface area (Å²) < 4.78 is 19.7. The first-order valence-corrected chi connectivity index (χ1v) is 15.3. The van der Waals surface area contributed by atoms with Crippen LogP contribution in [0.1, 0.15) is 49.1 Å². The van der Waals surface area contributed by atoms with Gasteiger partial charge in [0.05, 0.1) is 51.2 Å². The van der Waals surface area contributed by atoms with Crippen LogP contribution in [-0.2, 0) is 16.1 Å². The first kappa shape index (κ1) is 30.0. The number of aromatic nitrogens is 1. The Morgan fingerprint density at radius 3 is 2.47 bits per heavy atom. The maximum absolute atomic E-state index is 13.9. The second-order valence-electron chi connectivity index (χ2n) is 9.59. The normalized spacial score (nSPS) is 14.5. The third-order valence-corrected chi connectivity index (χ3v) is 8.36. The summed E-state index contributed by atoms with van der Waals surface area (Å²) >= 11 is 4.85. The van der Waals surface area contributed by atoms with Gasteiger partial charge in [0.1, 0.15) is 18.1 Å². The number of rotatable bonds is 9. The molecule has 1 aromatic heterocycles. The van der Waals surface area contributed by atoms with Crippen molar-refractivity contribution in [3.05, 3.63) is 124 Å². The van der Waals surface area contributed by atoms with E-state index < -0.39 is 12.0 Å². The Hall–Kier alpha value is -4.46. The van der Waals surface area contributed by atoms with Gasteiger partial charge in [-0.05, 0) is 95.9 Å². The fourth-order valence-electron chi connectivity index (χ4n) is 4.73. The van der Waals surface area contributed by atoms with E-state index in [1.165, 1.54) is 11.3 Å². The molecule has 0 saturated heterocycles. The lowest BCUT2D eigenvalue weighted by Crippen LogP contribution is -2.39. The number of fused-ring (bicyclic) bond motifs is 1. The van der Waals surface area contributed by atoms with Crippen LogP contribution in [0.4, 0.5) is 0 Å². The van der Waals surface area contributed by atoms with Crippen LogP contribution in [0, 0.1) is 11.3 Å². The fraction of sp³-hybridized carbons (Fsp3) is 0.212. The molecule has 0 spiro atoms. The van der Waals surface area contributed by atoms with E-state index in [2.05, 4.69) is 27.0 Å². The number of carbonyl (C=O) groups excluding carboxylic acids is 1. The summed E-state index contributed by atoms with van der Waals surface area (Å²) in [5.74, 6) is 0.845. The average molecular weight is 659 g/mol. The van der Waals surface area contributed by atoms with Crippen LogP contribution in [0.5, 0.6) is 11.5 Å². The molecule has 0 aliphatic carbocycles. The van der Waals surface area contributed by atoms with E-state index in [1.54, 1.807) is 36.6 Å². The summed E-state index contributed by atoms with van der Waals surface area (Å²) in [5, 5.41) is 8.98. The highest BCUT2D eigenvalue weighted by atomic mass is 79.9. The zero-order valence-corrected chi connectivity index (χ0v) is 26.2. The lowest BCUT2D eigenvalue weighted by molar-refractivity contribution is -0.139. The second kappa shape index (κ2) is 13.2. The smallest absolute Gasteiger partial charge is 0.338 e. The van der Waals surface area contributed by atoms with E-state index in [-0.39, 0.29) is 12.2 Å². The quantitative estimate of drug-likeness (QED) is 0.223. The van der Waals surface area contributed by atoms with Crippen molar-refractivity contribution in [1.82, 2.24) is 4.57 Å². The minimum Gasteiger partial charge on any atom is -0.494 e. The number of thiazole rings is 1. The number of halogens is 1. The third-order valence-electron chi connectivity index (χ3n) is 6.75. The summed E-state index contributed by atoms with van der Waals surface area (Å²) in [6.45, 7) is 6.50. The molecule has 43 heavy (non-hydrogen) atoms. The van der Waals surface area contributed by atoms with Gasteiger partial charge < -0.3 is 14.2 Å². The molecule has 0 radical (unpaired) electrons. The van der Waals surface area contributed by atoms with Crippen molar-refractivity contribution in [2.75, 3.05) is 13.2 Å². The molecule has 0 N–H and O–H groups in total. The predicted molar refractivity (Wildman–Crippen MR) is 168 cm³/mol. The maximum Gasteiger partial charge on any atom is 0.338 e. The van der Waals surface area contributed by atoms with E-state index >= 15 is 0 Å². The Kier molecular flexibility index (Phi) is 9.24. The van der Waals surface area contributed by atoms with Crippen molar-refractivity contribution >= 4 is 39.3 Å². The monoisotopic (exact) mass is 657 g/mol. The molecule has 0 amide bonds. The van der Waals surface area contributed by atoms with Crippen molar-refractivity contribution < 1.29 is 19.0 Å². The lowest BCUT2D eigenvalue weighted by Gasteiger charge is -2.24. The van der Waals surface area contributed by atoms with Gasteiger partial charge in [-0.15, -0.1) is 0 Å². The highest BCUT2D eigenvalue weighted by molar-refractivity contribution is 9.10. The summed E-state index contributed by atoms with van der Waals surface area (Å²) in [4.78, 5) is 32.1. The number of benzene rings is 3. The van der Waals surface area contributed by atoms with E-state index in [0.717, 1.165) is 21.2 Å². The number of allylic oxidation sites excluding steroid dienone is 1. The lowest BCUT2D eigenvalue weighted by atomic mass is 9.96. The van der Waals surface area contributed by atoms with Crippen molar-refractivity contribution in [1.29, 1.82) is 5.26 Å². The van der Waals surface area contributed by atoms with Crippen LogP contribution in [-0.4, -0.2) is 23.8 Å². The van der Waals surface area contributed by atoms with Gasteiger partial charge in [0.2, 0.25) is 0 Å². The van der Waals surface area contributed by atoms with Crippen LogP contribution in [0.2, 0.25) is 0 Å². The largest absolute Gasteiger partial charge is 0.494 e. The van der Waals surface area contributed by atoms with Gasteiger partial charge in [-0.3, -0.25) is 9.36 Å².